The van der Waals surface area contributed by atoms with Crippen LogP contribution in [0.2, 0.25) is 13.1 Å². The van der Waals surface area contributed by atoms with Gasteiger partial charge >= 0.3 is 5.97 Å². The van der Waals surface area contributed by atoms with E-state index in [9.17, 15) is 4.79 Å². The lowest BCUT2D eigenvalue weighted by Crippen LogP contribution is -2.24. The van der Waals surface area contributed by atoms with Crippen molar-refractivity contribution in [2.24, 2.45) is 11.3 Å². The van der Waals surface area contributed by atoms with Crippen molar-refractivity contribution in [2.45, 2.75) is 46.4 Å². The first kappa shape index (κ1) is 16.8. The maximum Gasteiger partial charge on any atom is 0.338 e. The van der Waals surface area contributed by atoms with Crippen molar-refractivity contribution in [3.63, 3.8) is 0 Å². The molecule has 2 rings (SSSR count). The highest BCUT2D eigenvalue weighted by molar-refractivity contribution is 6.48. The minimum absolute atomic E-state index is 0.136. The van der Waals surface area contributed by atoms with E-state index in [4.69, 9.17) is 9.16 Å². The highest BCUT2D eigenvalue weighted by Gasteiger charge is 2.37. The molecule has 0 aliphatic heterocycles. The number of benzene rings is 1. The van der Waals surface area contributed by atoms with Crippen LogP contribution in [0.4, 0.5) is 0 Å². The molecule has 2 unspecified atom stereocenters. The lowest BCUT2D eigenvalue weighted by molar-refractivity contribution is 0.0275. The predicted molar refractivity (Wildman–Crippen MR) is 89.9 cm³/mol. The number of hydrogen-bond acceptors (Lipinski definition) is 3. The molecule has 0 saturated heterocycles. The third kappa shape index (κ3) is 4.23. The molecule has 22 heavy (non-hydrogen) atoms. The van der Waals surface area contributed by atoms with Gasteiger partial charge in [0, 0.05) is 0 Å². The second-order valence-corrected chi connectivity index (χ2v) is 9.07. The quantitative estimate of drug-likeness (QED) is 0.609. The summed E-state index contributed by atoms with van der Waals surface area (Å²) < 4.78 is 11.7. The Morgan fingerprint density at radius 1 is 1.18 bits per heavy atom. The summed E-state index contributed by atoms with van der Waals surface area (Å²) in [5.41, 5.74) is 0.719. The minimum Gasteiger partial charge on any atom is -0.543 e. The van der Waals surface area contributed by atoms with Crippen LogP contribution < -0.4 is 0 Å². The van der Waals surface area contributed by atoms with E-state index in [2.05, 4.69) is 39.9 Å². The van der Waals surface area contributed by atoms with Gasteiger partial charge in [-0.1, -0.05) is 39.0 Å². The summed E-state index contributed by atoms with van der Waals surface area (Å²) in [4.78, 5) is 12.3. The Morgan fingerprint density at radius 3 is 2.36 bits per heavy atom. The monoisotopic (exact) mass is 317 g/mol. The molecule has 0 bridgehead atoms. The van der Waals surface area contributed by atoms with Gasteiger partial charge in [-0.2, -0.15) is 0 Å². The second-order valence-electron chi connectivity index (χ2n) is 7.05. The van der Waals surface area contributed by atoms with Crippen molar-refractivity contribution < 1.29 is 14.0 Å². The summed E-state index contributed by atoms with van der Waals surface area (Å²) in [6.45, 7) is 10.8. The molecule has 1 radical (unpaired) electrons. The van der Waals surface area contributed by atoms with Crippen LogP contribution in [-0.4, -0.2) is 21.1 Å². The van der Waals surface area contributed by atoms with E-state index in [1.807, 2.05) is 18.2 Å². The Kier molecular flexibility index (Phi) is 5.11. The van der Waals surface area contributed by atoms with Crippen LogP contribution in [0.3, 0.4) is 0 Å². The van der Waals surface area contributed by atoms with Crippen molar-refractivity contribution in [1.29, 1.82) is 0 Å². The Morgan fingerprint density at radius 2 is 1.82 bits per heavy atom. The first-order valence-electron chi connectivity index (χ1n) is 7.73. The van der Waals surface area contributed by atoms with Crippen molar-refractivity contribution >= 4 is 15.0 Å². The Balaban J connectivity index is 2.12. The molecule has 1 aliphatic carbocycles. The Hall–Kier alpha value is -1.55. The molecule has 2 atom stereocenters. The van der Waals surface area contributed by atoms with Gasteiger partial charge in [-0.15, -0.1) is 0 Å². The van der Waals surface area contributed by atoms with Crippen LogP contribution in [0.25, 0.3) is 0 Å². The molecule has 0 heterocycles. The fourth-order valence-electron chi connectivity index (χ4n) is 2.54. The number of carbonyl (C=O) groups excluding carboxylic acids is 1. The largest absolute Gasteiger partial charge is 0.543 e. The van der Waals surface area contributed by atoms with Crippen molar-refractivity contribution in [1.82, 2.24) is 0 Å². The van der Waals surface area contributed by atoms with Gasteiger partial charge in [0.2, 0.25) is 0 Å². The molecule has 0 fully saturated rings. The van der Waals surface area contributed by atoms with Gasteiger partial charge in [0.15, 0.2) is 6.10 Å². The maximum absolute atomic E-state index is 12.3. The number of allylic oxidation sites excluding steroid dienone is 1. The van der Waals surface area contributed by atoms with E-state index < -0.39 is 9.04 Å². The predicted octanol–water partition coefficient (Wildman–Crippen LogP) is 4.43. The third-order valence-electron chi connectivity index (χ3n) is 3.84. The van der Waals surface area contributed by atoms with E-state index in [0.29, 0.717) is 11.5 Å². The molecule has 3 nitrogen and oxygen atoms in total. The van der Waals surface area contributed by atoms with Crippen LogP contribution in [0.15, 0.2) is 42.2 Å². The number of rotatable bonds is 4. The number of hydrogen-bond donors (Lipinski definition) is 0. The number of carbonyl (C=O) groups is 1. The molecular weight excluding hydrogens is 292 g/mol. The van der Waals surface area contributed by atoms with Crippen LogP contribution in [0.1, 0.15) is 37.6 Å². The van der Waals surface area contributed by atoms with Crippen molar-refractivity contribution in [3.8, 4) is 0 Å². The van der Waals surface area contributed by atoms with E-state index in [-0.39, 0.29) is 17.5 Å². The minimum atomic E-state index is -0.877. The fraction of sp³-hybridized carbons (Fsp3) is 0.500. The molecule has 4 heteroatoms. The molecule has 0 N–H and O–H groups in total. The average Bonchev–Trinajstić information content (AvgIpc) is 2.82. The van der Waals surface area contributed by atoms with Gasteiger partial charge in [-0.3, -0.25) is 0 Å². The topological polar surface area (TPSA) is 35.5 Å². The summed E-state index contributed by atoms with van der Waals surface area (Å²) >= 11 is 0. The molecule has 0 aromatic heterocycles. The first-order valence-corrected chi connectivity index (χ1v) is 10.1. The zero-order valence-corrected chi connectivity index (χ0v) is 15.1. The van der Waals surface area contributed by atoms with E-state index in [0.717, 1.165) is 12.2 Å². The van der Waals surface area contributed by atoms with E-state index >= 15 is 0 Å². The molecule has 1 aromatic rings. The highest BCUT2D eigenvalue weighted by Crippen LogP contribution is 2.39. The van der Waals surface area contributed by atoms with Gasteiger partial charge in [-0.05, 0) is 49.1 Å². The molecule has 0 saturated carbocycles. The lowest BCUT2D eigenvalue weighted by atomic mass is 9.80. The van der Waals surface area contributed by atoms with Gasteiger partial charge in [0.25, 0.3) is 9.04 Å². The van der Waals surface area contributed by atoms with E-state index in [1.54, 1.807) is 12.1 Å². The number of ether oxygens (including phenoxy) is 1. The Bertz CT molecular complexity index is 543. The summed E-state index contributed by atoms with van der Waals surface area (Å²) in [6, 6.07) is 9.12. The summed E-state index contributed by atoms with van der Waals surface area (Å²) in [7, 11) is -0.877. The maximum atomic E-state index is 12.3. The molecule has 0 spiro atoms. The van der Waals surface area contributed by atoms with Crippen molar-refractivity contribution in [3.05, 3.63) is 47.7 Å². The molecule has 119 valence electrons. The lowest BCUT2D eigenvalue weighted by Gasteiger charge is -2.25. The SMILES string of the molecule is C[Si](C)OC1=CC(C(C)(C)C)CC1OC(=O)c1ccccc1. The number of esters is 1. The molecule has 0 amide bonds. The molecule has 1 aromatic carbocycles. The van der Waals surface area contributed by atoms with Crippen LogP contribution in [0, 0.1) is 11.3 Å². The molecular formula is C18H25O3Si. The van der Waals surface area contributed by atoms with Gasteiger partial charge in [0.05, 0.1) is 5.56 Å². The highest BCUT2D eigenvalue weighted by atomic mass is 28.3. The van der Waals surface area contributed by atoms with Gasteiger partial charge < -0.3 is 9.16 Å². The van der Waals surface area contributed by atoms with Gasteiger partial charge in [-0.25, -0.2) is 4.79 Å². The van der Waals surface area contributed by atoms with Crippen LogP contribution >= 0.6 is 0 Å². The van der Waals surface area contributed by atoms with Crippen LogP contribution in [-0.2, 0) is 9.16 Å². The second kappa shape index (κ2) is 6.69. The summed E-state index contributed by atoms with van der Waals surface area (Å²) in [5, 5.41) is 0. The standard InChI is InChI=1S/C18H25O3Si/c1-18(2,3)14-11-15(16(12-14)21-22(4)5)20-17(19)13-9-7-6-8-10-13/h6-10,12,14-15H,11H2,1-5H3. The normalized spacial score (nSPS) is 21.6. The fourth-order valence-corrected chi connectivity index (χ4v) is 3.21. The smallest absolute Gasteiger partial charge is 0.338 e. The Labute approximate surface area is 135 Å². The zero-order valence-electron chi connectivity index (χ0n) is 14.1. The third-order valence-corrected chi connectivity index (χ3v) is 4.49. The van der Waals surface area contributed by atoms with Gasteiger partial charge in [0.1, 0.15) is 5.76 Å². The van der Waals surface area contributed by atoms with Crippen molar-refractivity contribution in [2.75, 3.05) is 0 Å². The molecule has 1 aliphatic rings. The average molecular weight is 317 g/mol. The first-order chi connectivity index (χ1) is 10.3. The summed E-state index contributed by atoms with van der Waals surface area (Å²) in [6.07, 6.45) is 2.68. The zero-order chi connectivity index (χ0) is 16.3. The van der Waals surface area contributed by atoms with E-state index in [1.165, 1.54) is 0 Å². The van der Waals surface area contributed by atoms with Crippen LogP contribution in [0.5, 0.6) is 0 Å². The summed E-state index contributed by atoms with van der Waals surface area (Å²) in [5.74, 6) is 0.913.